The van der Waals surface area contributed by atoms with Crippen LogP contribution >= 0.6 is 11.6 Å². The molecular formula is C26H28ClNO4. The lowest BCUT2D eigenvalue weighted by Crippen LogP contribution is -2.37. The molecule has 1 N–H and O–H groups in total. The van der Waals surface area contributed by atoms with Crippen molar-refractivity contribution in [1.82, 2.24) is 4.90 Å². The van der Waals surface area contributed by atoms with E-state index in [4.69, 9.17) is 16.3 Å². The van der Waals surface area contributed by atoms with Crippen molar-refractivity contribution in [2.45, 2.75) is 58.0 Å². The first-order valence-electron chi connectivity index (χ1n) is 11.3. The van der Waals surface area contributed by atoms with Crippen molar-refractivity contribution in [1.29, 1.82) is 0 Å². The predicted octanol–water partition coefficient (Wildman–Crippen LogP) is 5.67. The molecule has 168 valence electrons. The lowest BCUT2D eigenvalue weighted by Gasteiger charge is -2.31. The molecule has 1 unspecified atom stereocenters. The van der Waals surface area contributed by atoms with E-state index in [-0.39, 0.29) is 28.0 Å². The van der Waals surface area contributed by atoms with Crippen LogP contribution in [0.2, 0.25) is 5.02 Å². The number of carbonyl (C=O) groups excluding carboxylic acids is 2. The molecule has 2 aromatic rings. The van der Waals surface area contributed by atoms with Gasteiger partial charge >= 0.3 is 0 Å². The zero-order valence-corrected chi connectivity index (χ0v) is 19.2. The van der Waals surface area contributed by atoms with Gasteiger partial charge in [0.2, 0.25) is 0 Å². The largest absolute Gasteiger partial charge is 0.507 e. The van der Waals surface area contributed by atoms with Crippen LogP contribution in [-0.4, -0.2) is 34.3 Å². The highest BCUT2D eigenvalue weighted by Gasteiger charge is 2.49. The Kier molecular flexibility index (Phi) is 6.56. The molecule has 0 radical (unpaired) electrons. The summed E-state index contributed by atoms with van der Waals surface area (Å²) in [7, 11) is 0. The van der Waals surface area contributed by atoms with Gasteiger partial charge in [-0.15, -0.1) is 0 Å². The third-order valence-corrected chi connectivity index (χ3v) is 6.74. The number of amides is 1. The molecule has 2 fully saturated rings. The third kappa shape index (κ3) is 4.02. The summed E-state index contributed by atoms with van der Waals surface area (Å²) in [6, 6.07) is 12.2. The van der Waals surface area contributed by atoms with E-state index in [1.54, 1.807) is 23.1 Å². The Bertz CT molecular complexity index is 1050. The Morgan fingerprint density at radius 1 is 1.09 bits per heavy atom. The number of ether oxygens (including phenoxy) is 1. The fourth-order valence-corrected chi connectivity index (χ4v) is 4.97. The summed E-state index contributed by atoms with van der Waals surface area (Å²) >= 11 is 6.39. The first-order chi connectivity index (χ1) is 15.5. The number of hydrogen-bond donors (Lipinski definition) is 1. The molecule has 32 heavy (non-hydrogen) atoms. The fourth-order valence-electron chi connectivity index (χ4n) is 4.76. The SMILES string of the molecule is CCOc1ccc(Cl)c(/C(O)=C2\C(=O)C(=O)N(C3CCCC3)C2c2ccc(CC)cc2)c1. The second kappa shape index (κ2) is 9.37. The minimum Gasteiger partial charge on any atom is -0.507 e. The average Bonchev–Trinajstić information content (AvgIpc) is 3.42. The summed E-state index contributed by atoms with van der Waals surface area (Å²) < 4.78 is 5.55. The first kappa shape index (κ1) is 22.4. The van der Waals surface area contributed by atoms with Crippen molar-refractivity contribution in [3.05, 3.63) is 69.8 Å². The number of hydrogen-bond acceptors (Lipinski definition) is 4. The average molecular weight is 454 g/mol. The van der Waals surface area contributed by atoms with Gasteiger partial charge < -0.3 is 14.7 Å². The number of ketones is 1. The van der Waals surface area contributed by atoms with Gasteiger partial charge in [0.25, 0.3) is 11.7 Å². The summed E-state index contributed by atoms with van der Waals surface area (Å²) in [5, 5.41) is 11.6. The number of aliphatic hydroxyl groups excluding tert-OH is 1. The summed E-state index contributed by atoms with van der Waals surface area (Å²) in [5.74, 6) is -0.954. The summed E-state index contributed by atoms with van der Waals surface area (Å²) in [5.41, 5.74) is 2.35. The molecule has 1 aliphatic heterocycles. The van der Waals surface area contributed by atoms with Crippen molar-refractivity contribution in [2.75, 3.05) is 6.61 Å². The Balaban J connectivity index is 1.88. The van der Waals surface area contributed by atoms with Crippen LogP contribution in [0.5, 0.6) is 5.75 Å². The Morgan fingerprint density at radius 2 is 1.78 bits per heavy atom. The summed E-state index contributed by atoms with van der Waals surface area (Å²) in [6.45, 7) is 4.39. The van der Waals surface area contributed by atoms with Crippen LogP contribution in [0.4, 0.5) is 0 Å². The zero-order valence-electron chi connectivity index (χ0n) is 18.4. The van der Waals surface area contributed by atoms with E-state index in [9.17, 15) is 14.7 Å². The smallest absolute Gasteiger partial charge is 0.295 e. The minimum absolute atomic E-state index is 0.0159. The van der Waals surface area contributed by atoms with Gasteiger partial charge in [0.1, 0.15) is 11.5 Å². The van der Waals surface area contributed by atoms with E-state index in [1.165, 1.54) is 5.56 Å². The number of likely N-dealkylation sites (tertiary alicyclic amines) is 1. The standard InChI is InChI=1S/C26H28ClNO4/c1-3-16-9-11-17(12-10-16)23-22(25(30)26(31)28(23)18-7-5-6-8-18)24(29)20-15-19(32-4-2)13-14-21(20)27/h9-15,18,23,29H,3-8H2,1-2H3/b24-22+. The van der Waals surface area contributed by atoms with Crippen LogP contribution in [0.3, 0.4) is 0 Å². The van der Waals surface area contributed by atoms with Gasteiger partial charge in [0.15, 0.2) is 0 Å². The molecule has 0 aromatic heterocycles. The highest BCUT2D eigenvalue weighted by Crippen LogP contribution is 2.44. The maximum atomic E-state index is 13.2. The fraction of sp³-hybridized carbons (Fsp3) is 0.385. The van der Waals surface area contributed by atoms with Crippen LogP contribution in [-0.2, 0) is 16.0 Å². The van der Waals surface area contributed by atoms with Crippen LogP contribution in [0.15, 0.2) is 48.0 Å². The number of Topliss-reactive ketones (excluding diaryl/α,β-unsaturated/α-hetero) is 1. The van der Waals surface area contributed by atoms with Crippen LogP contribution in [0.1, 0.15) is 62.3 Å². The summed E-state index contributed by atoms with van der Waals surface area (Å²) in [6.07, 6.45) is 4.66. The molecule has 2 aromatic carbocycles. The van der Waals surface area contributed by atoms with Gasteiger partial charge in [0, 0.05) is 11.6 Å². The maximum Gasteiger partial charge on any atom is 0.295 e. The Hall–Kier alpha value is -2.79. The number of aryl methyl sites for hydroxylation is 1. The monoisotopic (exact) mass is 453 g/mol. The molecular weight excluding hydrogens is 426 g/mol. The van der Waals surface area contributed by atoms with Gasteiger partial charge in [-0.3, -0.25) is 9.59 Å². The Morgan fingerprint density at radius 3 is 2.41 bits per heavy atom. The quantitative estimate of drug-likeness (QED) is 0.348. The second-order valence-electron chi connectivity index (χ2n) is 8.31. The van der Waals surface area contributed by atoms with Crippen molar-refractivity contribution < 1.29 is 19.4 Å². The molecule has 1 saturated carbocycles. The van der Waals surface area contributed by atoms with Gasteiger partial charge in [-0.05, 0) is 55.5 Å². The van der Waals surface area contributed by atoms with Gasteiger partial charge in [0.05, 0.1) is 23.2 Å². The molecule has 1 atom stereocenters. The molecule has 2 aliphatic rings. The number of aliphatic hydroxyl groups is 1. The first-order valence-corrected chi connectivity index (χ1v) is 11.7. The van der Waals surface area contributed by atoms with Crippen LogP contribution in [0.25, 0.3) is 5.76 Å². The van der Waals surface area contributed by atoms with Crippen LogP contribution < -0.4 is 4.74 Å². The van der Waals surface area contributed by atoms with E-state index in [0.29, 0.717) is 12.4 Å². The number of rotatable bonds is 6. The maximum absolute atomic E-state index is 13.2. The van der Waals surface area contributed by atoms with Gasteiger partial charge in [-0.25, -0.2) is 0 Å². The minimum atomic E-state index is -0.670. The number of benzene rings is 2. The number of halogens is 1. The highest BCUT2D eigenvalue weighted by molar-refractivity contribution is 6.47. The normalized spacial score (nSPS) is 20.8. The highest BCUT2D eigenvalue weighted by atomic mass is 35.5. The zero-order chi connectivity index (χ0) is 22.8. The molecule has 1 heterocycles. The van der Waals surface area contributed by atoms with Gasteiger partial charge in [-0.2, -0.15) is 0 Å². The number of carbonyl (C=O) groups is 2. The van der Waals surface area contributed by atoms with E-state index in [2.05, 4.69) is 6.92 Å². The molecule has 5 nitrogen and oxygen atoms in total. The molecule has 1 amide bonds. The molecule has 1 saturated heterocycles. The topological polar surface area (TPSA) is 66.8 Å². The van der Waals surface area contributed by atoms with E-state index in [1.807, 2.05) is 31.2 Å². The lowest BCUT2D eigenvalue weighted by atomic mass is 9.93. The molecule has 0 bridgehead atoms. The third-order valence-electron chi connectivity index (χ3n) is 6.41. The molecule has 4 rings (SSSR count). The lowest BCUT2D eigenvalue weighted by molar-refractivity contribution is -0.141. The number of nitrogens with zero attached hydrogens (tertiary/aromatic N) is 1. The summed E-state index contributed by atoms with van der Waals surface area (Å²) in [4.78, 5) is 28.1. The molecule has 6 heteroatoms. The van der Waals surface area contributed by atoms with E-state index < -0.39 is 17.7 Å². The van der Waals surface area contributed by atoms with E-state index >= 15 is 0 Å². The van der Waals surface area contributed by atoms with Crippen LogP contribution in [0, 0.1) is 0 Å². The van der Waals surface area contributed by atoms with E-state index in [0.717, 1.165) is 37.7 Å². The second-order valence-corrected chi connectivity index (χ2v) is 8.72. The predicted molar refractivity (Wildman–Crippen MR) is 125 cm³/mol. The molecule has 1 aliphatic carbocycles. The van der Waals surface area contributed by atoms with Crippen molar-refractivity contribution in [3.8, 4) is 5.75 Å². The van der Waals surface area contributed by atoms with Crippen molar-refractivity contribution >= 4 is 29.1 Å². The van der Waals surface area contributed by atoms with Crippen molar-refractivity contribution in [3.63, 3.8) is 0 Å². The van der Waals surface area contributed by atoms with Crippen molar-refractivity contribution in [2.24, 2.45) is 0 Å². The molecule has 0 spiro atoms. The van der Waals surface area contributed by atoms with Gasteiger partial charge in [-0.1, -0.05) is 55.6 Å². The Labute approximate surface area is 193 Å².